The van der Waals surface area contributed by atoms with Crippen LogP contribution in [0.15, 0.2) is 53.4 Å². The van der Waals surface area contributed by atoms with Gasteiger partial charge in [-0.2, -0.15) is 0 Å². The lowest BCUT2D eigenvalue weighted by Gasteiger charge is -2.19. The molecular formula is C23H29N3O4S. The molecule has 0 radical (unpaired) electrons. The van der Waals surface area contributed by atoms with E-state index in [1.165, 1.54) is 0 Å². The highest BCUT2D eigenvalue weighted by Gasteiger charge is 2.28. The first kappa shape index (κ1) is 23.0. The maximum atomic E-state index is 12.6. The number of sulfonamides is 1. The second kappa shape index (κ2) is 10.1. The van der Waals surface area contributed by atoms with Gasteiger partial charge in [0.05, 0.1) is 4.90 Å². The third kappa shape index (κ3) is 6.90. The van der Waals surface area contributed by atoms with Gasteiger partial charge in [0.2, 0.25) is 21.8 Å². The minimum absolute atomic E-state index is 0.0518. The molecule has 1 unspecified atom stereocenters. The van der Waals surface area contributed by atoms with Crippen molar-refractivity contribution in [2.24, 2.45) is 0 Å². The lowest BCUT2D eigenvalue weighted by molar-refractivity contribution is -0.129. The molecule has 1 saturated carbocycles. The molecule has 1 fully saturated rings. The van der Waals surface area contributed by atoms with Crippen LogP contribution in [-0.2, 0) is 26.0 Å². The number of benzene rings is 2. The molecule has 7 nitrogen and oxygen atoms in total. The minimum atomic E-state index is -3.71. The molecule has 3 rings (SSSR count). The Hall–Kier alpha value is -2.71. The molecule has 0 bridgehead atoms. The number of hydrogen-bond donors (Lipinski definition) is 3. The van der Waals surface area contributed by atoms with Crippen molar-refractivity contribution in [2.45, 2.75) is 56.5 Å². The van der Waals surface area contributed by atoms with Crippen molar-refractivity contribution in [1.29, 1.82) is 0 Å². The molecule has 1 aliphatic rings. The molecule has 0 aromatic heterocycles. The third-order valence-electron chi connectivity index (χ3n) is 5.12. The Kier molecular flexibility index (Phi) is 7.46. The van der Waals surface area contributed by atoms with Crippen LogP contribution in [0.25, 0.3) is 0 Å². The first-order chi connectivity index (χ1) is 14.7. The van der Waals surface area contributed by atoms with Gasteiger partial charge in [0.15, 0.2) is 0 Å². The summed E-state index contributed by atoms with van der Waals surface area (Å²) in [4.78, 5) is 25.2. The van der Waals surface area contributed by atoms with Crippen molar-refractivity contribution >= 4 is 21.8 Å². The Balaban J connectivity index is 1.56. The predicted molar refractivity (Wildman–Crippen MR) is 119 cm³/mol. The molecule has 8 heteroatoms. The zero-order valence-electron chi connectivity index (χ0n) is 17.9. The van der Waals surface area contributed by atoms with Gasteiger partial charge in [0.25, 0.3) is 0 Å². The highest BCUT2D eigenvalue weighted by atomic mass is 32.2. The summed E-state index contributed by atoms with van der Waals surface area (Å²) in [6, 6.07) is 14.1. The van der Waals surface area contributed by atoms with Crippen molar-refractivity contribution < 1.29 is 18.0 Å². The van der Waals surface area contributed by atoms with Crippen LogP contribution in [0.3, 0.4) is 0 Å². The average Bonchev–Trinajstić information content (AvgIpc) is 3.51. The van der Waals surface area contributed by atoms with Crippen LogP contribution < -0.4 is 15.4 Å². The lowest BCUT2D eigenvalue weighted by atomic mass is 10.0. The molecule has 31 heavy (non-hydrogen) atoms. The summed E-state index contributed by atoms with van der Waals surface area (Å²) >= 11 is 0. The topological polar surface area (TPSA) is 104 Å². The molecule has 3 N–H and O–H groups in total. The van der Waals surface area contributed by atoms with Gasteiger partial charge in [-0.3, -0.25) is 9.59 Å². The Labute approximate surface area is 183 Å². The third-order valence-corrected chi connectivity index (χ3v) is 6.74. The van der Waals surface area contributed by atoms with Crippen LogP contribution in [0.1, 0.15) is 36.0 Å². The number of rotatable bonds is 10. The Morgan fingerprint density at radius 1 is 1.06 bits per heavy atom. The van der Waals surface area contributed by atoms with Gasteiger partial charge in [0.1, 0.15) is 6.04 Å². The van der Waals surface area contributed by atoms with E-state index in [9.17, 15) is 18.0 Å². The number of aryl methyl sites for hydroxylation is 2. The van der Waals surface area contributed by atoms with Gasteiger partial charge in [0, 0.05) is 25.4 Å². The number of nitrogens with one attached hydrogen (secondary N) is 3. The summed E-state index contributed by atoms with van der Waals surface area (Å²) in [5, 5.41) is 5.68. The molecule has 2 amide bonds. The van der Waals surface area contributed by atoms with E-state index < -0.39 is 16.1 Å². The minimum Gasteiger partial charge on any atom is -0.352 e. The van der Waals surface area contributed by atoms with Crippen molar-refractivity contribution in [2.75, 3.05) is 6.54 Å². The fraction of sp³-hybridized carbons (Fsp3) is 0.391. The highest BCUT2D eigenvalue weighted by molar-refractivity contribution is 7.89. The molecule has 166 valence electrons. The summed E-state index contributed by atoms with van der Waals surface area (Å²) < 4.78 is 27.5. The van der Waals surface area contributed by atoms with Gasteiger partial charge in [-0.1, -0.05) is 48.0 Å². The van der Waals surface area contributed by atoms with Gasteiger partial charge < -0.3 is 10.6 Å². The normalized spacial score (nSPS) is 14.6. The molecule has 1 aliphatic carbocycles. The van der Waals surface area contributed by atoms with Crippen LogP contribution >= 0.6 is 0 Å². The Morgan fingerprint density at radius 2 is 1.77 bits per heavy atom. The molecule has 0 saturated heterocycles. The van der Waals surface area contributed by atoms with Crippen LogP contribution in [0.2, 0.25) is 0 Å². The fourth-order valence-corrected chi connectivity index (χ4v) is 4.59. The molecule has 0 aliphatic heterocycles. The molecule has 2 aromatic rings. The lowest BCUT2D eigenvalue weighted by Crippen LogP contribution is -2.49. The zero-order chi connectivity index (χ0) is 22.4. The van der Waals surface area contributed by atoms with E-state index in [4.69, 9.17) is 0 Å². The molecule has 0 spiro atoms. The second-order valence-corrected chi connectivity index (χ2v) is 9.74. The van der Waals surface area contributed by atoms with E-state index >= 15 is 0 Å². The molecule has 2 aromatic carbocycles. The first-order valence-electron chi connectivity index (χ1n) is 10.4. The summed E-state index contributed by atoms with van der Waals surface area (Å²) in [7, 11) is -3.71. The SMILES string of the molecule is Cc1ccc(S(=O)(=O)NCCC(=O)NC(Cc2ccccc2)C(=O)NC2CC2)c(C)c1. The zero-order valence-corrected chi connectivity index (χ0v) is 18.7. The van der Waals surface area contributed by atoms with Crippen LogP contribution in [-0.4, -0.2) is 38.9 Å². The second-order valence-electron chi connectivity index (χ2n) is 8.01. The van der Waals surface area contributed by atoms with Gasteiger partial charge in [-0.05, 0) is 43.9 Å². The molecule has 0 heterocycles. The smallest absolute Gasteiger partial charge is 0.243 e. The molecular weight excluding hydrogens is 414 g/mol. The quantitative estimate of drug-likeness (QED) is 0.522. The van der Waals surface area contributed by atoms with Crippen molar-refractivity contribution in [3.63, 3.8) is 0 Å². The summed E-state index contributed by atoms with van der Waals surface area (Å²) in [5.74, 6) is -0.592. The van der Waals surface area contributed by atoms with E-state index in [2.05, 4.69) is 15.4 Å². The summed E-state index contributed by atoms with van der Waals surface area (Å²) in [6.07, 6.45) is 2.22. The Morgan fingerprint density at radius 3 is 2.42 bits per heavy atom. The number of carbonyl (C=O) groups excluding carboxylic acids is 2. The largest absolute Gasteiger partial charge is 0.352 e. The van der Waals surface area contributed by atoms with E-state index in [1.54, 1.807) is 25.1 Å². The van der Waals surface area contributed by atoms with E-state index in [-0.39, 0.29) is 35.7 Å². The summed E-state index contributed by atoms with van der Waals surface area (Å²) in [5.41, 5.74) is 2.57. The van der Waals surface area contributed by atoms with E-state index in [0.29, 0.717) is 12.0 Å². The average molecular weight is 444 g/mol. The highest BCUT2D eigenvalue weighted by Crippen LogP contribution is 2.19. The van der Waals surface area contributed by atoms with Crippen molar-refractivity contribution in [1.82, 2.24) is 15.4 Å². The monoisotopic (exact) mass is 443 g/mol. The maximum absolute atomic E-state index is 12.6. The van der Waals surface area contributed by atoms with Gasteiger partial charge in [-0.25, -0.2) is 13.1 Å². The van der Waals surface area contributed by atoms with Crippen LogP contribution in [0, 0.1) is 13.8 Å². The first-order valence-corrected chi connectivity index (χ1v) is 11.9. The van der Waals surface area contributed by atoms with E-state index in [1.807, 2.05) is 37.3 Å². The van der Waals surface area contributed by atoms with Crippen LogP contribution in [0.5, 0.6) is 0 Å². The predicted octanol–water partition coefficient (Wildman–Crippen LogP) is 1.98. The van der Waals surface area contributed by atoms with Gasteiger partial charge >= 0.3 is 0 Å². The Bertz CT molecular complexity index is 1030. The fourth-order valence-electron chi connectivity index (χ4n) is 3.33. The molecule has 1 atom stereocenters. The van der Waals surface area contributed by atoms with Crippen molar-refractivity contribution in [3.05, 3.63) is 65.2 Å². The van der Waals surface area contributed by atoms with E-state index in [0.717, 1.165) is 24.0 Å². The number of amides is 2. The van der Waals surface area contributed by atoms with Crippen LogP contribution in [0.4, 0.5) is 0 Å². The van der Waals surface area contributed by atoms with Gasteiger partial charge in [-0.15, -0.1) is 0 Å². The van der Waals surface area contributed by atoms with Crippen molar-refractivity contribution in [3.8, 4) is 0 Å². The maximum Gasteiger partial charge on any atom is 0.243 e. The number of hydrogen-bond acceptors (Lipinski definition) is 4. The number of carbonyl (C=O) groups is 2. The summed E-state index contributed by atoms with van der Waals surface area (Å²) in [6.45, 7) is 3.58. The standard InChI is InChI=1S/C23H29N3O4S/c1-16-8-11-21(17(2)14-16)31(29,30)24-13-12-22(27)26-20(23(28)25-19-9-10-19)15-18-6-4-3-5-7-18/h3-8,11,14,19-20,24H,9-10,12-13,15H2,1-2H3,(H,25,28)(H,26,27).